The van der Waals surface area contributed by atoms with Crippen molar-refractivity contribution in [3.8, 4) is 0 Å². The standard InChI is InChI=1S/C13H20N6OS/c1-8-9-10(14)11(21-13(9)18(3)15-8)12(20)16-19-6-4-17(2)5-7-19/h4-7,14H2,1-3H3,(H,16,20). The molecule has 8 heteroatoms. The van der Waals surface area contributed by atoms with Crippen molar-refractivity contribution in [1.29, 1.82) is 0 Å². The van der Waals surface area contributed by atoms with Gasteiger partial charge in [-0.3, -0.25) is 14.9 Å². The number of nitrogen functional groups attached to an aromatic ring is 1. The van der Waals surface area contributed by atoms with Crippen LogP contribution in [0, 0.1) is 6.92 Å². The van der Waals surface area contributed by atoms with Crippen molar-refractivity contribution in [2.75, 3.05) is 39.0 Å². The molecule has 1 saturated heterocycles. The van der Waals surface area contributed by atoms with Crippen molar-refractivity contribution in [1.82, 2.24) is 25.1 Å². The number of anilines is 1. The Morgan fingerprint density at radius 3 is 2.57 bits per heavy atom. The number of carbonyl (C=O) groups excluding carboxylic acids is 1. The van der Waals surface area contributed by atoms with E-state index < -0.39 is 0 Å². The SMILES string of the molecule is Cc1nn(C)c2sc(C(=O)NN3CCN(C)CC3)c(N)c12. The van der Waals surface area contributed by atoms with Crippen LogP contribution in [0.15, 0.2) is 0 Å². The zero-order valence-corrected chi connectivity index (χ0v) is 13.3. The minimum Gasteiger partial charge on any atom is -0.397 e. The number of hydrogen-bond acceptors (Lipinski definition) is 6. The largest absolute Gasteiger partial charge is 0.397 e. The van der Waals surface area contributed by atoms with Crippen molar-refractivity contribution in [2.45, 2.75) is 6.92 Å². The first-order valence-corrected chi connectivity index (χ1v) is 7.75. The van der Waals surface area contributed by atoms with Crippen molar-refractivity contribution in [2.24, 2.45) is 7.05 Å². The Morgan fingerprint density at radius 1 is 1.29 bits per heavy atom. The number of amides is 1. The molecular weight excluding hydrogens is 288 g/mol. The van der Waals surface area contributed by atoms with E-state index in [1.165, 1.54) is 11.3 Å². The zero-order valence-electron chi connectivity index (χ0n) is 12.5. The van der Waals surface area contributed by atoms with Crippen LogP contribution in [-0.2, 0) is 7.05 Å². The summed E-state index contributed by atoms with van der Waals surface area (Å²) in [5.41, 5.74) is 10.5. The van der Waals surface area contributed by atoms with Gasteiger partial charge in [0, 0.05) is 33.2 Å². The summed E-state index contributed by atoms with van der Waals surface area (Å²) in [6, 6.07) is 0. The number of piperazine rings is 1. The van der Waals surface area contributed by atoms with E-state index >= 15 is 0 Å². The number of carbonyl (C=O) groups is 1. The fraction of sp³-hybridized carbons (Fsp3) is 0.538. The Bertz CT molecular complexity index is 682. The van der Waals surface area contributed by atoms with Crippen molar-refractivity contribution in [3.63, 3.8) is 0 Å². The highest BCUT2D eigenvalue weighted by Gasteiger charge is 2.23. The van der Waals surface area contributed by atoms with E-state index in [1.807, 2.05) is 19.0 Å². The summed E-state index contributed by atoms with van der Waals surface area (Å²) in [4.78, 5) is 16.2. The molecule has 114 valence electrons. The molecule has 0 spiro atoms. The number of nitrogens with two attached hydrogens (primary N) is 1. The fourth-order valence-corrected chi connectivity index (χ4v) is 3.69. The van der Waals surface area contributed by atoms with E-state index in [4.69, 9.17) is 5.73 Å². The second-order valence-electron chi connectivity index (χ2n) is 5.47. The maximum absolute atomic E-state index is 12.4. The van der Waals surface area contributed by atoms with Gasteiger partial charge in [-0.1, -0.05) is 0 Å². The van der Waals surface area contributed by atoms with Crippen LogP contribution >= 0.6 is 11.3 Å². The Kier molecular flexibility index (Phi) is 3.60. The third kappa shape index (κ3) is 2.50. The lowest BCUT2D eigenvalue weighted by atomic mass is 10.2. The highest BCUT2D eigenvalue weighted by Crippen LogP contribution is 2.35. The zero-order chi connectivity index (χ0) is 15.1. The smallest absolute Gasteiger partial charge is 0.277 e. The quantitative estimate of drug-likeness (QED) is 0.840. The van der Waals surface area contributed by atoms with Gasteiger partial charge >= 0.3 is 0 Å². The first-order valence-electron chi connectivity index (χ1n) is 6.93. The molecule has 2 aromatic rings. The normalized spacial score (nSPS) is 17.5. The number of nitrogens with one attached hydrogen (secondary N) is 1. The Hall–Kier alpha value is -1.64. The van der Waals surface area contributed by atoms with E-state index in [-0.39, 0.29) is 5.91 Å². The van der Waals surface area contributed by atoms with Crippen molar-refractivity contribution in [3.05, 3.63) is 10.6 Å². The molecule has 0 saturated carbocycles. The molecule has 0 bridgehead atoms. The number of aryl methyl sites for hydroxylation is 2. The Labute approximate surface area is 127 Å². The molecule has 1 aliphatic heterocycles. The lowest BCUT2D eigenvalue weighted by Gasteiger charge is -2.32. The van der Waals surface area contributed by atoms with Crippen LogP contribution < -0.4 is 11.2 Å². The summed E-state index contributed by atoms with van der Waals surface area (Å²) in [7, 11) is 3.95. The minimum absolute atomic E-state index is 0.127. The predicted octanol–water partition coefficient (Wildman–Crippen LogP) is 0.418. The lowest BCUT2D eigenvalue weighted by Crippen LogP contribution is -2.52. The van der Waals surface area contributed by atoms with E-state index in [1.54, 1.807) is 4.68 Å². The molecule has 0 unspecified atom stereocenters. The third-order valence-electron chi connectivity index (χ3n) is 3.85. The average molecular weight is 308 g/mol. The summed E-state index contributed by atoms with van der Waals surface area (Å²) in [6.45, 7) is 5.46. The van der Waals surface area contributed by atoms with Crippen LogP contribution in [0.1, 0.15) is 15.4 Å². The van der Waals surface area contributed by atoms with Crippen LogP contribution in [0.3, 0.4) is 0 Å². The number of rotatable bonds is 2. The topological polar surface area (TPSA) is 79.4 Å². The van der Waals surface area contributed by atoms with Gasteiger partial charge in [-0.15, -0.1) is 11.3 Å². The first-order chi connectivity index (χ1) is 9.97. The molecular formula is C13H20N6OS. The maximum Gasteiger partial charge on any atom is 0.277 e. The van der Waals surface area contributed by atoms with Gasteiger partial charge in [0.25, 0.3) is 5.91 Å². The van der Waals surface area contributed by atoms with E-state index in [0.29, 0.717) is 10.6 Å². The molecule has 3 heterocycles. The molecule has 0 atom stereocenters. The number of likely N-dealkylation sites (N-methyl/N-ethyl adjacent to an activating group) is 1. The summed E-state index contributed by atoms with van der Waals surface area (Å²) in [6.07, 6.45) is 0. The number of fused-ring (bicyclic) bond motifs is 1. The van der Waals surface area contributed by atoms with Crippen LogP contribution in [0.4, 0.5) is 5.69 Å². The Morgan fingerprint density at radius 2 is 1.95 bits per heavy atom. The summed E-state index contributed by atoms with van der Waals surface area (Å²) in [5.74, 6) is -0.127. The Balaban J connectivity index is 1.82. The number of hydrazine groups is 1. The van der Waals surface area contributed by atoms with Crippen LogP contribution in [0.5, 0.6) is 0 Å². The number of aromatic nitrogens is 2. The molecule has 3 N–H and O–H groups in total. The van der Waals surface area contributed by atoms with Gasteiger partial charge < -0.3 is 10.6 Å². The van der Waals surface area contributed by atoms with Gasteiger partial charge in [-0.05, 0) is 14.0 Å². The second-order valence-corrected chi connectivity index (χ2v) is 6.46. The minimum atomic E-state index is -0.127. The first kappa shape index (κ1) is 14.3. The van der Waals surface area contributed by atoms with E-state index in [0.717, 1.165) is 42.1 Å². The molecule has 21 heavy (non-hydrogen) atoms. The van der Waals surface area contributed by atoms with Crippen LogP contribution in [0.25, 0.3) is 10.2 Å². The van der Waals surface area contributed by atoms with Gasteiger partial charge in [0.1, 0.15) is 9.71 Å². The van der Waals surface area contributed by atoms with Crippen LogP contribution in [-0.4, -0.2) is 58.8 Å². The van der Waals surface area contributed by atoms with Gasteiger partial charge in [0.05, 0.1) is 16.8 Å². The summed E-state index contributed by atoms with van der Waals surface area (Å²) >= 11 is 1.39. The van der Waals surface area contributed by atoms with Crippen LogP contribution in [0.2, 0.25) is 0 Å². The van der Waals surface area contributed by atoms with Gasteiger partial charge in [0.2, 0.25) is 0 Å². The lowest BCUT2D eigenvalue weighted by molar-refractivity contribution is 0.0667. The van der Waals surface area contributed by atoms with E-state index in [2.05, 4.69) is 22.5 Å². The highest BCUT2D eigenvalue weighted by atomic mass is 32.1. The second kappa shape index (κ2) is 5.28. The highest BCUT2D eigenvalue weighted by molar-refractivity contribution is 7.21. The van der Waals surface area contributed by atoms with Gasteiger partial charge in [0.15, 0.2) is 0 Å². The molecule has 1 aliphatic rings. The molecule has 1 amide bonds. The number of hydrogen-bond donors (Lipinski definition) is 2. The number of nitrogens with zero attached hydrogens (tertiary/aromatic N) is 4. The maximum atomic E-state index is 12.4. The van der Waals surface area contributed by atoms with Crippen molar-refractivity contribution < 1.29 is 4.79 Å². The summed E-state index contributed by atoms with van der Waals surface area (Å²) < 4.78 is 1.78. The number of thiophene rings is 1. The monoisotopic (exact) mass is 308 g/mol. The third-order valence-corrected chi connectivity index (χ3v) is 5.12. The van der Waals surface area contributed by atoms with Gasteiger partial charge in [-0.25, -0.2) is 5.01 Å². The predicted molar refractivity (Wildman–Crippen MR) is 84.3 cm³/mol. The fourth-order valence-electron chi connectivity index (χ4n) is 2.61. The molecule has 1 fully saturated rings. The average Bonchev–Trinajstić information content (AvgIpc) is 2.92. The molecule has 0 aliphatic carbocycles. The molecule has 0 radical (unpaired) electrons. The molecule has 3 rings (SSSR count). The van der Waals surface area contributed by atoms with Crippen molar-refractivity contribution >= 4 is 33.1 Å². The van der Waals surface area contributed by atoms with Gasteiger partial charge in [-0.2, -0.15) is 5.10 Å². The molecule has 2 aromatic heterocycles. The molecule has 7 nitrogen and oxygen atoms in total. The molecule has 0 aromatic carbocycles. The summed E-state index contributed by atoms with van der Waals surface area (Å²) in [5, 5.41) is 7.19. The van der Waals surface area contributed by atoms with E-state index in [9.17, 15) is 4.79 Å².